The smallest absolute Gasteiger partial charge is 0.431 e. The maximum atomic E-state index is 12.7. The van der Waals surface area contributed by atoms with Crippen molar-refractivity contribution in [3.8, 4) is 0 Å². The lowest BCUT2D eigenvalue weighted by Gasteiger charge is -2.11. The summed E-state index contributed by atoms with van der Waals surface area (Å²) < 4.78 is 39.1. The first-order valence-electron chi connectivity index (χ1n) is 4.29. The van der Waals surface area contributed by atoms with Crippen molar-refractivity contribution in [3.63, 3.8) is 0 Å². The molecule has 0 unspecified atom stereocenters. The normalized spacial score (nSPS) is 12.0. The zero-order chi connectivity index (χ0) is 12.8. The summed E-state index contributed by atoms with van der Waals surface area (Å²) in [6.45, 7) is 0. The summed E-state index contributed by atoms with van der Waals surface area (Å²) in [5, 5.41) is 8.85. The third-order valence-corrected chi connectivity index (χ3v) is 2.89. The second kappa shape index (κ2) is 3.86. The van der Waals surface area contributed by atoms with E-state index in [-0.39, 0.29) is 14.9 Å². The highest BCUT2D eigenvalue weighted by molar-refractivity contribution is 14.1. The Labute approximate surface area is 106 Å². The summed E-state index contributed by atoms with van der Waals surface area (Å²) in [4.78, 5) is 14.5. The minimum absolute atomic E-state index is 0.202. The maximum Gasteiger partial charge on any atom is 0.431 e. The molecule has 0 saturated heterocycles. The van der Waals surface area contributed by atoms with E-state index in [9.17, 15) is 18.0 Å². The van der Waals surface area contributed by atoms with Crippen molar-refractivity contribution in [1.82, 2.24) is 9.38 Å². The Kier molecular flexibility index (Phi) is 2.76. The molecule has 8 heteroatoms. The van der Waals surface area contributed by atoms with Crippen LogP contribution in [-0.2, 0) is 6.18 Å². The Bertz CT molecular complexity index is 606. The fourth-order valence-electron chi connectivity index (χ4n) is 1.45. The lowest BCUT2D eigenvalue weighted by molar-refractivity contribution is -0.142. The van der Waals surface area contributed by atoms with Gasteiger partial charge in [-0.3, -0.25) is 4.40 Å². The van der Waals surface area contributed by atoms with E-state index in [0.717, 1.165) is 16.5 Å². The number of imidazole rings is 1. The predicted octanol–water partition coefficient (Wildman–Crippen LogP) is 2.66. The molecule has 0 aromatic carbocycles. The maximum absolute atomic E-state index is 12.7. The summed E-state index contributed by atoms with van der Waals surface area (Å²) in [6, 6.07) is 1.64. The van der Waals surface area contributed by atoms with Gasteiger partial charge < -0.3 is 5.11 Å². The number of hydrogen-bond donors (Lipinski definition) is 1. The third kappa shape index (κ3) is 1.96. The molecule has 17 heavy (non-hydrogen) atoms. The molecule has 0 aliphatic rings. The Hall–Kier alpha value is -1.32. The van der Waals surface area contributed by atoms with Crippen LogP contribution in [0.1, 0.15) is 16.1 Å². The molecule has 0 amide bonds. The minimum atomic E-state index is -4.56. The number of fused-ring (bicyclic) bond motifs is 1. The fourth-order valence-corrected chi connectivity index (χ4v) is 2.08. The summed E-state index contributed by atoms with van der Waals surface area (Å²) in [6.07, 6.45) is -3.37. The second-order valence-corrected chi connectivity index (χ2v) is 4.28. The number of carbonyl (C=O) groups is 1. The molecule has 4 nitrogen and oxygen atoms in total. The number of hydrogen-bond acceptors (Lipinski definition) is 2. The van der Waals surface area contributed by atoms with Crippen molar-refractivity contribution < 1.29 is 23.1 Å². The Morgan fingerprint density at radius 2 is 2.06 bits per heavy atom. The molecule has 2 heterocycles. The lowest BCUT2D eigenvalue weighted by Crippen LogP contribution is -2.14. The van der Waals surface area contributed by atoms with E-state index in [0.29, 0.717) is 0 Å². The van der Waals surface area contributed by atoms with E-state index in [1.807, 2.05) is 0 Å². The Balaban J connectivity index is 2.87. The minimum Gasteiger partial charge on any atom is -0.478 e. The number of halogens is 4. The fraction of sp³-hybridized carbons (Fsp3) is 0.111. The first kappa shape index (κ1) is 12.1. The molecule has 0 saturated carbocycles. The van der Waals surface area contributed by atoms with Crippen LogP contribution in [0.15, 0.2) is 18.3 Å². The van der Waals surface area contributed by atoms with Crippen LogP contribution >= 0.6 is 22.6 Å². The Morgan fingerprint density at radius 3 is 2.59 bits per heavy atom. The number of carboxylic acid groups (broad SMARTS) is 1. The summed E-state index contributed by atoms with van der Waals surface area (Å²) >= 11 is 1.67. The summed E-state index contributed by atoms with van der Waals surface area (Å²) in [5.41, 5.74) is -1.42. The third-order valence-electron chi connectivity index (χ3n) is 2.13. The predicted molar refractivity (Wildman–Crippen MR) is 59.9 cm³/mol. The molecular formula is C9H4F3IN2O2. The van der Waals surface area contributed by atoms with Gasteiger partial charge in [-0.15, -0.1) is 0 Å². The molecule has 2 aromatic rings. The van der Waals surface area contributed by atoms with Gasteiger partial charge in [-0.2, -0.15) is 13.2 Å². The monoisotopic (exact) mass is 356 g/mol. The van der Waals surface area contributed by atoms with Gasteiger partial charge in [-0.25, -0.2) is 9.78 Å². The molecule has 0 spiro atoms. The number of carboxylic acids is 1. The number of pyridine rings is 1. The van der Waals surface area contributed by atoms with Crippen LogP contribution in [-0.4, -0.2) is 20.5 Å². The molecule has 1 N–H and O–H groups in total. The highest BCUT2D eigenvalue weighted by atomic mass is 127. The van der Waals surface area contributed by atoms with E-state index >= 15 is 0 Å². The van der Waals surface area contributed by atoms with Gasteiger partial charge in [0.2, 0.25) is 0 Å². The van der Waals surface area contributed by atoms with Gasteiger partial charge >= 0.3 is 12.1 Å². The van der Waals surface area contributed by atoms with Crippen molar-refractivity contribution in [2.45, 2.75) is 6.18 Å². The Morgan fingerprint density at radius 1 is 1.41 bits per heavy atom. The van der Waals surface area contributed by atoms with Crippen molar-refractivity contribution in [2.75, 3.05) is 0 Å². The van der Waals surface area contributed by atoms with Gasteiger partial charge in [0, 0.05) is 0 Å². The van der Waals surface area contributed by atoms with Gasteiger partial charge in [0.1, 0.15) is 15.0 Å². The molecule has 0 fully saturated rings. The quantitative estimate of drug-likeness (QED) is 0.800. The standard InChI is InChI=1S/C9H4F3IN2O2/c10-9(11,12)5-2-1-4(8(16)17)7-14-3-6(13)15(5)7/h1-3H,(H,16,17). The van der Waals surface area contributed by atoms with Crippen LogP contribution in [0.5, 0.6) is 0 Å². The largest absolute Gasteiger partial charge is 0.478 e. The number of aromatic carboxylic acids is 1. The molecule has 2 aromatic heterocycles. The first-order valence-corrected chi connectivity index (χ1v) is 5.36. The molecule has 0 radical (unpaired) electrons. The average Bonchev–Trinajstić information content (AvgIpc) is 2.58. The zero-order valence-electron chi connectivity index (χ0n) is 7.99. The van der Waals surface area contributed by atoms with E-state index in [1.165, 1.54) is 6.20 Å². The molecular weight excluding hydrogens is 352 g/mol. The van der Waals surface area contributed by atoms with Gasteiger partial charge in [0.15, 0.2) is 5.65 Å². The van der Waals surface area contributed by atoms with E-state index in [4.69, 9.17) is 5.11 Å². The van der Waals surface area contributed by atoms with Crippen molar-refractivity contribution >= 4 is 34.2 Å². The van der Waals surface area contributed by atoms with Crippen molar-refractivity contribution in [2.24, 2.45) is 0 Å². The van der Waals surface area contributed by atoms with E-state index < -0.39 is 17.8 Å². The van der Waals surface area contributed by atoms with Crippen molar-refractivity contribution in [3.05, 3.63) is 33.3 Å². The first-order chi connectivity index (χ1) is 7.82. The van der Waals surface area contributed by atoms with Crippen LogP contribution in [0.2, 0.25) is 0 Å². The van der Waals surface area contributed by atoms with Gasteiger partial charge in [-0.1, -0.05) is 0 Å². The molecule has 90 valence electrons. The zero-order valence-corrected chi connectivity index (χ0v) is 10.2. The highest BCUT2D eigenvalue weighted by Gasteiger charge is 2.35. The number of aromatic nitrogens is 2. The van der Waals surface area contributed by atoms with Crippen LogP contribution in [0.3, 0.4) is 0 Å². The number of nitrogens with zero attached hydrogens (tertiary/aromatic N) is 2. The van der Waals surface area contributed by atoms with Crippen LogP contribution in [0.4, 0.5) is 13.2 Å². The van der Waals surface area contributed by atoms with Gasteiger partial charge in [-0.05, 0) is 34.7 Å². The number of alkyl halides is 3. The van der Waals surface area contributed by atoms with Crippen LogP contribution < -0.4 is 0 Å². The van der Waals surface area contributed by atoms with Crippen LogP contribution in [0, 0.1) is 3.70 Å². The van der Waals surface area contributed by atoms with E-state index in [1.54, 1.807) is 22.6 Å². The van der Waals surface area contributed by atoms with E-state index in [2.05, 4.69) is 4.98 Å². The molecule has 0 aliphatic heterocycles. The average molecular weight is 356 g/mol. The summed E-state index contributed by atoms with van der Waals surface area (Å²) in [7, 11) is 0. The molecule has 0 aliphatic carbocycles. The highest BCUT2D eigenvalue weighted by Crippen LogP contribution is 2.31. The van der Waals surface area contributed by atoms with Crippen LogP contribution in [0.25, 0.3) is 5.65 Å². The lowest BCUT2D eigenvalue weighted by atomic mass is 10.2. The molecule has 2 rings (SSSR count). The molecule has 0 atom stereocenters. The van der Waals surface area contributed by atoms with Gasteiger partial charge in [0.25, 0.3) is 0 Å². The van der Waals surface area contributed by atoms with Gasteiger partial charge in [0.05, 0.1) is 6.20 Å². The summed E-state index contributed by atoms with van der Waals surface area (Å²) in [5.74, 6) is -1.31. The number of rotatable bonds is 1. The second-order valence-electron chi connectivity index (χ2n) is 3.18. The topological polar surface area (TPSA) is 54.6 Å². The SMILES string of the molecule is O=C(O)c1ccc(C(F)(F)F)n2c(I)cnc12. The van der Waals surface area contributed by atoms with Crippen molar-refractivity contribution in [1.29, 1.82) is 0 Å². The molecule has 0 bridgehead atoms.